The highest BCUT2D eigenvalue weighted by Crippen LogP contribution is 2.31. The summed E-state index contributed by atoms with van der Waals surface area (Å²) in [5.74, 6) is -2.93. The second-order valence-electron chi connectivity index (χ2n) is 7.03. The maximum Gasteiger partial charge on any atom is 0.332 e. The number of hydroxylamine groups is 1. The summed E-state index contributed by atoms with van der Waals surface area (Å²) in [7, 11) is 0. The van der Waals surface area contributed by atoms with E-state index >= 15 is 0 Å². The quantitative estimate of drug-likeness (QED) is 0.342. The van der Waals surface area contributed by atoms with Crippen LogP contribution in [0.25, 0.3) is 0 Å². The molecule has 3 N–H and O–H groups in total. The first-order valence-corrected chi connectivity index (χ1v) is 9.86. The van der Waals surface area contributed by atoms with E-state index in [1.807, 2.05) is 30.3 Å². The van der Waals surface area contributed by atoms with Gasteiger partial charge in [-0.15, -0.1) is 0 Å². The third-order valence-electron chi connectivity index (χ3n) is 4.96. The van der Waals surface area contributed by atoms with E-state index < -0.39 is 42.3 Å². The molecule has 2 unspecified atom stereocenters. The highest BCUT2D eigenvalue weighted by Gasteiger charge is 2.49. The molecule has 5 amide bonds. The van der Waals surface area contributed by atoms with Crippen molar-refractivity contribution in [3.63, 3.8) is 0 Å². The Morgan fingerprint density at radius 3 is 2.35 bits per heavy atom. The molecule has 31 heavy (non-hydrogen) atoms. The monoisotopic (exact) mass is 444 g/mol. The van der Waals surface area contributed by atoms with Crippen molar-refractivity contribution in [2.45, 2.75) is 19.5 Å². The molecule has 10 heteroatoms. The number of carbonyl (C=O) groups excluding carboxylic acids is 4. The number of rotatable bonds is 7. The summed E-state index contributed by atoms with van der Waals surface area (Å²) in [4.78, 5) is 52.7. The Hall–Kier alpha value is -3.43. The molecule has 0 radical (unpaired) electrons. The van der Waals surface area contributed by atoms with E-state index in [-0.39, 0.29) is 6.54 Å². The zero-order chi connectivity index (χ0) is 22.5. The smallest absolute Gasteiger partial charge is 0.332 e. The van der Waals surface area contributed by atoms with Crippen molar-refractivity contribution in [1.29, 1.82) is 0 Å². The molecule has 0 saturated carbocycles. The number of anilines is 1. The fourth-order valence-electron chi connectivity index (χ4n) is 3.38. The third kappa shape index (κ3) is 4.84. The van der Waals surface area contributed by atoms with Crippen LogP contribution >= 0.6 is 11.6 Å². The summed E-state index contributed by atoms with van der Waals surface area (Å²) in [5, 5.41) is 11.4. The first-order valence-electron chi connectivity index (χ1n) is 9.48. The molecular formula is C21H21ClN4O5. The lowest BCUT2D eigenvalue weighted by Crippen LogP contribution is -2.47. The minimum atomic E-state index is -1.08. The molecule has 3 rings (SSSR count). The highest BCUT2D eigenvalue weighted by atomic mass is 35.5. The number of nitrogens with one attached hydrogen (secondary N) is 2. The molecule has 0 bridgehead atoms. The van der Waals surface area contributed by atoms with Crippen molar-refractivity contribution in [3.8, 4) is 0 Å². The maximum atomic E-state index is 13.3. The minimum Gasteiger partial charge on any atom is -0.347 e. The van der Waals surface area contributed by atoms with E-state index in [1.54, 1.807) is 24.3 Å². The Morgan fingerprint density at radius 1 is 1.10 bits per heavy atom. The molecule has 0 spiro atoms. The Morgan fingerprint density at radius 2 is 1.74 bits per heavy atom. The summed E-state index contributed by atoms with van der Waals surface area (Å²) >= 11 is 5.92. The van der Waals surface area contributed by atoms with Gasteiger partial charge < -0.3 is 10.2 Å². The third-order valence-corrected chi connectivity index (χ3v) is 5.21. The van der Waals surface area contributed by atoms with Crippen LogP contribution < -0.4 is 15.7 Å². The van der Waals surface area contributed by atoms with Crippen molar-refractivity contribution in [3.05, 3.63) is 65.2 Å². The van der Waals surface area contributed by atoms with Crippen LogP contribution in [0.1, 0.15) is 12.5 Å². The summed E-state index contributed by atoms with van der Waals surface area (Å²) in [6.45, 7) is 1.16. The Balaban J connectivity index is 1.91. The molecule has 2 atom stereocenters. The van der Waals surface area contributed by atoms with Crippen LogP contribution in [-0.2, 0) is 20.9 Å². The average molecular weight is 445 g/mol. The van der Waals surface area contributed by atoms with Gasteiger partial charge in [-0.05, 0) is 29.8 Å². The van der Waals surface area contributed by atoms with Gasteiger partial charge in [-0.1, -0.05) is 48.9 Å². The molecular weight excluding hydrogens is 424 g/mol. The van der Waals surface area contributed by atoms with Crippen LogP contribution in [0.5, 0.6) is 0 Å². The van der Waals surface area contributed by atoms with Gasteiger partial charge in [-0.25, -0.2) is 15.2 Å². The number of halogens is 1. The number of amides is 5. The van der Waals surface area contributed by atoms with Gasteiger partial charge in [0.25, 0.3) is 11.8 Å². The highest BCUT2D eigenvalue weighted by molar-refractivity contribution is 6.30. The van der Waals surface area contributed by atoms with E-state index in [0.29, 0.717) is 10.7 Å². The Kier molecular flexibility index (Phi) is 6.88. The molecule has 0 aliphatic carbocycles. The van der Waals surface area contributed by atoms with Crippen molar-refractivity contribution >= 4 is 41.0 Å². The van der Waals surface area contributed by atoms with Crippen molar-refractivity contribution in [2.75, 3.05) is 11.4 Å². The maximum absolute atomic E-state index is 13.3. The molecule has 2 aromatic carbocycles. The number of carbonyl (C=O) groups is 4. The van der Waals surface area contributed by atoms with Gasteiger partial charge in [0, 0.05) is 11.6 Å². The standard InChI is InChI=1S/C21H21ClN4O5/c1-13(19(28)23-11-17(27)24-31)18-20(29)26(16-9-7-15(22)8-10-16)21(30)25(18)12-14-5-3-2-4-6-14/h2-10,13,18,31H,11-12H2,1H3,(H,23,28)(H,24,27). The van der Waals surface area contributed by atoms with E-state index in [9.17, 15) is 19.2 Å². The van der Waals surface area contributed by atoms with Crippen molar-refractivity contribution < 1.29 is 24.4 Å². The molecule has 1 aliphatic heterocycles. The fourth-order valence-corrected chi connectivity index (χ4v) is 3.50. The molecule has 1 heterocycles. The SMILES string of the molecule is CC(C(=O)NCC(=O)NO)C1C(=O)N(c2ccc(Cl)cc2)C(=O)N1Cc1ccccc1. The molecule has 162 valence electrons. The lowest BCUT2D eigenvalue weighted by Gasteiger charge is -2.26. The van der Waals surface area contributed by atoms with Gasteiger partial charge in [-0.2, -0.15) is 0 Å². The van der Waals surface area contributed by atoms with Crippen LogP contribution in [0.2, 0.25) is 5.02 Å². The second-order valence-corrected chi connectivity index (χ2v) is 7.47. The van der Waals surface area contributed by atoms with Crippen molar-refractivity contribution in [1.82, 2.24) is 15.7 Å². The van der Waals surface area contributed by atoms with Gasteiger partial charge in [0.15, 0.2) is 0 Å². The zero-order valence-electron chi connectivity index (χ0n) is 16.6. The summed E-state index contributed by atoms with van der Waals surface area (Å²) in [6, 6.07) is 13.7. The second kappa shape index (κ2) is 9.59. The first-order chi connectivity index (χ1) is 14.8. The number of imide groups is 1. The molecule has 9 nitrogen and oxygen atoms in total. The van der Waals surface area contributed by atoms with E-state index in [1.165, 1.54) is 17.3 Å². The summed E-state index contributed by atoms with van der Waals surface area (Å²) < 4.78 is 0. The number of benzene rings is 2. The van der Waals surface area contributed by atoms with E-state index in [4.69, 9.17) is 16.8 Å². The van der Waals surface area contributed by atoms with Crippen LogP contribution in [0.15, 0.2) is 54.6 Å². The van der Waals surface area contributed by atoms with Gasteiger partial charge in [0.2, 0.25) is 5.91 Å². The van der Waals surface area contributed by atoms with Crippen molar-refractivity contribution in [2.24, 2.45) is 5.92 Å². The lowest BCUT2D eigenvalue weighted by atomic mass is 9.99. The molecule has 1 saturated heterocycles. The predicted molar refractivity (Wildman–Crippen MR) is 112 cm³/mol. The summed E-state index contributed by atoms with van der Waals surface area (Å²) in [6.07, 6.45) is 0. The zero-order valence-corrected chi connectivity index (χ0v) is 17.4. The van der Waals surface area contributed by atoms with E-state index in [0.717, 1.165) is 10.5 Å². The molecule has 0 aromatic heterocycles. The largest absolute Gasteiger partial charge is 0.347 e. The number of hydrogen-bond donors (Lipinski definition) is 3. The molecule has 2 aromatic rings. The van der Waals surface area contributed by atoms with Gasteiger partial charge in [0.1, 0.15) is 6.04 Å². The Bertz CT molecular complexity index is 983. The topological polar surface area (TPSA) is 119 Å². The van der Waals surface area contributed by atoms with Crippen LogP contribution in [0.4, 0.5) is 10.5 Å². The van der Waals surface area contributed by atoms with Gasteiger partial charge in [-0.3, -0.25) is 19.6 Å². The van der Waals surface area contributed by atoms with Gasteiger partial charge >= 0.3 is 6.03 Å². The van der Waals surface area contributed by atoms with Gasteiger partial charge in [0.05, 0.1) is 18.2 Å². The summed E-state index contributed by atoms with van der Waals surface area (Å²) in [5.41, 5.74) is 2.55. The number of nitrogens with zero attached hydrogens (tertiary/aromatic N) is 2. The fraction of sp³-hybridized carbons (Fsp3) is 0.238. The minimum absolute atomic E-state index is 0.120. The van der Waals surface area contributed by atoms with Crippen LogP contribution in [0, 0.1) is 5.92 Å². The normalized spacial score (nSPS) is 16.9. The molecule has 1 aliphatic rings. The van der Waals surface area contributed by atoms with Crippen LogP contribution in [0.3, 0.4) is 0 Å². The predicted octanol–water partition coefficient (Wildman–Crippen LogP) is 1.94. The Labute approximate surface area is 183 Å². The first kappa shape index (κ1) is 22.3. The number of hydrogen-bond acceptors (Lipinski definition) is 5. The molecule has 1 fully saturated rings. The lowest BCUT2D eigenvalue weighted by molar-refractivity contribution is -0.134. The number of urea groups is 1. The van der Waals surface area contributed by atoms with E-state index in [2.05, 4.69) is 5.32 Å². The average Bonchev–Trinajstić information content (AvgIpc) is 3.02. The van der Waals surface area contributed by atoms with Crippen LogP contribution in [-0.4, -0.2) is 46.4 Å².